The van der Waals surface area contributed by atoms with E-state index in [0.717, 1.165) is 6.07 Å². The van der Waals surface area contributed by atoms with Gasteiger partial charge >= 0.3 is 6.18 Å². The Balaban J connectivity index is 3.29. The van der Waals surface area contributed by atoms with E-state index in [2.05, 4.69) is 15.9 Å². The van der Waals surface area contributed by atoms with Crippen LogP contribution in [0.25, 0.3) is 0 Å². The zero-order chi connectivity index (χ0) is 10.1. The first-order chi connectivity index (χ1) is 5.96. The summed E-state index contributed by atoms with van der Waals surface area (Å²) in [6.45, 7) is 0. The van der Waals surface area contributed by atoms with Crippen LogP contribution in [-0.4, -0.2) is 0 Å². The molecule has 0 aromatic heterocycles. The highest BCUT2D eigenvalue weighted by Gasteiger charge is 2.33. The van der Waals surface area contributed by atoms with Gasteiger partial charge in [0.05, 0.1) is 5.56 Å². The van der Waals surface area contributed by atoms with Gasteiger partial charge < -0.3 is 0 Å². The average molecular weight is 273 g/mol. The van der Waals surface area contributed by atoms with Crippen molar-refractivity contribution in [1.29, 1.82) is 0 Å². The van der Waals surface area contributed by atoms with E-state index in [1.165, 1.54) is 12.1 Å². The summed E-state index contributed by atoms with van der Waals surface area (Å²) in [4.78, 5) is 0. The van der Waals surface area contributed by atoms with Crippen LogP contribution in [0.3, 0.4) is 0 Å². The predicted molar refractivity (Wildman–Crippen MR) is 48.7 cm³/mol. The minimum absolute atomic E-state index is 0.0802. The minimum Gasteiger partial charge on any atom is -0.166 e. The van der Waals surface area contributed by atoms with E-state index in [1.54, 1.807) is 0 Å². The molecular formula is C8H5BrClF3. The Labute approximate surface area is 86.8 Å². The molecule has 1 aromatic carbocycles. The topological polar surface area (TPSA) is 0 Å². The Hall–Kier alpha value is -0.220. The van der Waals surface area contributed by atoms with Crippen molar-refractivity contribution in [3.05, 3.63) is 33.8 Å². The van der Waals surface area contributed by atoms with Gasteiger partial charge in [0, 0.05) is 10.4 Å². The van der Waals surface area contributed by atoms with Gasteiger partial charge in [-0.05, 0) is 17.7 Å². The Morgan fingerprint density at radius 2 is 1.92 bits per heavy atom. The maximum atomic E-state index is 12.3. The molecule has 0 bridgehead atoms. The highest BCUT2D eigenvalue weighted by Crippen LogP contribution is 2.35. The molecule has 0 amide bonds. The summed E-state index contributed by atoms with van der Waals surface area (Å²) in [5.74, 6) is -0.156. The fourth-order valence-electron chi connectivity index (χ4n) is 0.960. The third-order valence-electron chi connectivity index (χ3n) is 1.56. The van der Waals surface area contributed by atoms with Crippen molar-refractivity contribution in [3.8, 4) is 0 Å². The SMILES string of the molecule is FC(F)(F)c1cccc(Br)c1CCl. The molecule has 0 saturated heterocycles. The van der Waals surface area contributed by atoms with E-state index in [4.69, 9.17) is 11.6 Å². The molecule has 0 atom stereocenters. The average Bonchev–Trinajstić information content (AvgIpc) is 2.02. The summed E-state index contributed by atoms with van der Waals surface area (Å²) < 4.78 is 37.4. The molecule has 0 spiro atoms. The van der Waals surface area contributed by atoms with Crippen molar-refractivity contribution in [2.24, 2.45) is 0 Å². The Morgan fingerprint density at radius 1 is 1.31 bits per heavy atom. The zero-order valence-corrected chi connectivity index (χ0v) is 8.67. The van der Waals surface area contributed by atoms with E-state index >= 15 is 0 Å². The fourth-order valence-corrected chi connectivity index (χ4v) is 1.92. The first kappa shape index (κ1) is 10.9. The highest BCUT2D eigenvalue weighted by molar-refractivity contribution is 9.10. The molecule has 0 heterocycles. The highest BCUT2D eigenvalue weighted by atomic mass is 79.9. The van der Waals surface area contributed by atoms with Gasteiger partial charge in [0.25, 0.3) is 0 Å². The smallest absolute Gasteiger partial charge is 0.166 e. The van der Waals surface area contributed by atoms with Gasteiger partial charge in [0.15, 0.2) is 0 Å². The second-order valence-corrected chi connectivity index (χ2v) is 3.52. The predicted octanol–water partition coefficient (Wildman–Crippen LogP) is 4.21. The first-order valence-corrected chi connectivity index (χ1v) is 4.70. The fraction of sp³-hybridized carbons (Fsp3) is 0.250. The van der Waals surface area contributed by atoms with Crippen LogP contribution in [-0.2, 0) is 12.1 Å². The number of alkyl halides is 4. The standard InChI is InChI=1S/C8H5BrClF3/c9-7-3-1-2-6(5(7)4-10)8(11,12)13/h1-3H,4H2. The van der Waals surface area contributed by atoms with Gasteiger partial charge in [0.2, 0.25) is 0 Å². The molecule has 0 N–H and O–H groups in total. The van der Waals surface area contributed by atoms with Crippen LogP contribution in [0.15, 0.2) is 22.7 Å². The summed E-state index contributed by atoms with van der Waals surface area (Å²) in [5.41, 5.74) is -0.603. The van der Waals surface area contributed by atoms with Crippen molar-refractivity contribution in [1.82, 2.24) is 0 Å². The van der Waals surface area contributed by atoms with Crippen LogP contribution in [0.1, 0.15) is 11.1 Å². The van der Waals surface area contributed by atoms with Gasteiger partial charge in [-0.25, -0.2) is 0 Å². The van der Waals surface area contributed by atoms with Crippen molar-refractivity contribution in [2.45, 2.75) is 12.1 Å². The van der Waals surface area contributed by atoms with Crippen LogP contribution < -0.4 is 0 Å². The molecule has 5 heteroatoms. The normalized spacial score (nSPS) is 11.8. The Kier molecular flexibility index (Phi) is 3.24. The lowest BCUT2D eigenvalue weighted by Crippen LogP contribution is -2.08. The molecule has 13 heavy (non-hydrogen) atoms. The lowest BCUT2D eigenvalue weighted by molar-refractivity contribution is -0.138. The third kappa shape index (κ3) is 2.38. The molecule has 72 valence electrons. The van der Waals surface area contributed by atoms with Gasteiger partial charge in [-0.1, -0.05) is 22.0 Å². The molecule has 0 saturated carbocycles. The monoisotopic (exact) mass is 272 g/mol. The quantitative estimate of drug-likeness (QED) is 0.673. The summed E-state index contributed by atoms with van der Waals surface area (Å²) in [7, 11) is 0. The lowest BCUT2D eigenvalue weighted by Gasteiger charge is -2.11. The molecule has 0 aliphatic heterocycles. The minimum atomic E-state index is -4.34. The number of hydrogen-bond donors (Lipinski definition) is 0. The van der Waals surface area contributed by atoms with Crippen LogP contribution in [0.5, 0.6) is 0 Å². The van der Waals surface area contributed by atoms with Gasteiger partial charge in [-0.15, -0.1) is 11.6 Å². The molecule has 0 nitrogen and oxygen atoms in total. The molecule has 1 rings (SSSR count). The van der Waals surface area contributed by atoms with Gasteiger partial charge in [0.1, 0.15) is 0 Å². The lowest BCUT2D eigenvalue weighted by atomic mass is 10.1. The van der Waals surface area contributed by atoms with Crippen molar-refractivity contribution in [3.63, 3.8) is 0 Å². The molecule has 0 aliphatic rings. The number of benzene rings is 1. The summed E-state index contributed by atoms with van der Waals surface area (Å²) in [6, 6.07) is 3.89. The number of halogens is 5. The third-order valence-corrected chi connectivity index (χ3v) is 2.57. The Bertz CT molecular complexity index is 309. The van der Waals surface area contributed by atoms with E-state index in [-0.39, 0.29) is 11.4 Å². The molecule has 0 fully saturated rings. The van der Waals surface area contributed by atoms with E-state index in [9.17, 15) is 13.2 Å². The molecule has 0 aliphatic carbocycles. The molecule has 0 radical (unpaired) electrons. The second-order valence-electron chi connectivity index (χ2n) is 2.40. The van der Waals surface area contributed by atoms with E-state index < -0.39 is 11.7 Å². The van der Waals surface area contributed by atoms with Crippen LogP contribution >= 0.6 is 27.5 Å². The summed E-state index contributed by atoms with van der Waals surface area (Å²) >= 11 is 8.43. The summed E-state index contributed by atoms with van der Waals surface area (Å²) in [6.07, 6.45) is -4.34. The van der Waals surface area contributed by atoms with E-state index in [0.29, 0.717) is 4.47 Å². The van der Waals surface area contributed by atoms with Gasteiger partial charge in [-0.3, -0.25) is 0 Å². The molecule has 0 unspecified atom stereocenters. The van der Waals surface area contributed by atoms with Crippen LogP contribution in [0.2, 0.25) is 0 Å². The zero-order valence-electron chi connectivity index (χ0n) is 6.33. The van der Waals surface area contributed by atoms with Crippen molar-refractivity contribution < 1.29 is 13.2 Å². The van der Waals surface area contributed by atoms with Crippen molar-refractivity contribution in [2.75, 3.05) is 0 Å². The van der Waals surface area contributed by atoms with Crippen LogP contribution in [0, 0.1) is 0 Å². The van der Waals surface area contributed by atoms with Crippen LogP contribution in [0.4, 0.5) is 13.2 Å². The van der Waals surface area contributed by atoms with Crippen molar-refractivity contribution >= 4 is 27.5 Å². The van der Waals surface area contributed by atoms with E-state index in [1.807, 2.05) is 0 Å². The number of rotatable bonds is 1. The maximum absolute atomic E-state index is 12.3. The Morgan fingerprint density at radius 3 is 2.31 bits per heavy atom. The molecular weight excluding hydrogens is 268 g/mol. The number of hydrogen-bond acceptors (Lipinski definition) is 0. The second kappa shape index (κ2) is 3.88. The maximum Gasteiger partial charge on any atom is 0.416 e. The largest absolute Gasteiger partial charge is 0.416 e. The summed E-state index contributed by atoms with van der Waals surface area (Å²) in [5, 5.41) is 0. The van der Waals surface area contributed by atoms with Gasteiger partial charge in [-0.2, -0.15) is 13.2 Å². The first-order valence-electron chi connectivity index (χ1n) is 3.37. The molecule has 1 aromatic rings.